The monoisotopic (exact) mass is 349 g/mol. The van der Waals surface area contributed by atoms with Gasteiger partial charge in [-0.3, -0.25) is 4.90 Å². The maximum Gasteiger partial charge on any atom is 0.415 e. The lowest BCUT2D eigenvalue weighted by Crippen LogP contribution is -2.61. The van der Waals surface area contributed by atoms with Crippen molar-refractivity contribution < 1.29 is 48.6 Å². The summed E-state index contributed by atoms with van der Waals surface area (Å²) in [5.41, 5.74) is 0. The van der Waals surface area contributed by atoms with Gasteiger partial charge in [0.2, 0.25) is 0 Å². The Hall–Kier alpha value is -1.04. The number of hydrogen-bond acceptors (Lipinski definition) is 2. The van der Waals surface area contributed by atoms with Crippen molar-refractivity contribution >= 4 is 0 Å². The van der Waals surface area contributed by atoms with E-state index in [2.05, 4.69) is 11.3 Å². The lowest BCUT2D eigenvalue weighted by Gasteiger charge is -2.42. The summed E-state index contributed by atoms with van der Waals surface area (Å²) < 4.78 is 130. The zero-order chi connectivity index (χ0) is 17.5. The largest absolute Gasteiger partial charge is 0.415 e. The third-order valence-electron chi connectivity index (χ3n) is 2.83. The molecule has 0 radical (unpaired) electrons. The highest BCUT2D eigenvalue weighted by Crippen LogP contribution is 2.38. The minimum absolute atomic E-state index is 0.317. The maximum absolute atomic E-state index is 12.9. The molecule has 0 aliphatic carbocycles. The van der Waals surface area contributed by atoms with Crippen molar-refractivity contribution in [3.8, 4) is 0 Å². The Bertz CT molecular complexity index is 389. The van der Waals surface area contributed by atoms with Crippen LogP contribution in [-0.2, 0) is 4.74 Å². The Balaban J connectivity index is 3.14. The van der Waals surface area contributed by atoms with Crippen LogP contribution in [0.15, 0.2) is 12.4 Å². The molecule has 0 aromatic carbocycles. The number of halogens is 10. The van der Waals surface area contributed by atoms with Gasteiger partial charge in [-0.1, -0.05) is 6.58 Å². The van der Waals surface area contributed by atoms with Crippen molar-refractivity contribution in [3.05, 3.63) is 12.4 Å². The lowest BCUT2D eigenvalue weighted by molar-refractivity contribution is -0.316. The highest BCUT2D eigenvalue weighted by Gasteiger charge is 2.57. The molecule has 3 atom stereocenters. The molecule has 0 spiro atoms. The summed E-state index contributed by atoms with van der Waals surface area (Å²) in [4.78, 5) is -0.317. The van der Waals surface area contributed by atoms with E-state index < -0.39 is 55.7 Å². The summed E-state index contributed by atoms with van der Waals surface area (Å²) in [6, 6.07) is -3.27. The second-order valence-corrected chi connectivity index (χ2v) is 4.54. The Labute approximate surface area is 117 Å². The summed E-state index contributed by atoms with van der Waals surface area (Å²) in [5, 5.41) is 0. The van der Waals surface area contributed by atoms with Crippen molar-refractivity contribution in [2.45, 2.75) is 36.8 Å². The van der Waals surface area contributed by atoms with E-state index in [0.29, 0.717) is 0 Å². The molecule has 0 saturated carbocycles. The quantitative estimate of drug-likeness (QED) is 0.707. The molecule has 1 aliphatic heterocycles. The van der Waals surface area contributed by atoms with Crippen LogP contribution in [0.25, 0.3) is 0 Å². The molecule has 0 aromatic rings. The molecule has 0 N–H and O–H groups in total. The molecule has 22 heavy (non-hydrogen) atoms. The van der Waals surface area contributed by atoms with E-state index in [1.165, 1.54) is 0 Å². The first-order valence-corrected chi connectivity index (χ1v) is 5.58. The minimum atomic E-state index is -5.42. The first kappa shape index (κ1) is 19.0. The lowest BCUT2D eigenvalue weighted by atomic mass is 10.1. The van der Waals surface area contributed by atoms with E-state index in [9.17, 15) is 43.9 Å². The van der Waals surface area contributed by atoms with Crippen LogP contribution in [0.4, 0.5) is 43.9 Å². The Morgan fingerprint density at radius 2 is 1.27 bits per heavy atom. The van der Waals surface area contributed by atoms with Crippen LogP contribution in [-0.4, -0.2) is 54.8 Å². The van der Waals surface area contributed by atoms with Gasteiger partial charge in [-0.05, 0) is 0 Å². The highest BCUT2D eigenvalue weighted by atomic mass is 19.4. The molecule has 3 unspecified atom stereocenters. The molecule has 1 saturated heterocycles. The molecule has 1 rings (SSSR count). The van der Waals surface area contributed by atoms with Gasteiger partial charge in [-0.2, -0.15) is 39.5 Å². The Morgan fingerprint density at radius 1 is 0.909 bits per heavy atom. The van der Waals surface area contributed by atoms with Crippen molar-refractivity contribution in [2.75, 3.05) is 13.1 Å². The first-order valence-electron chi connectivity index (χ1n) is 5.58. The Kier molecular flexibility index (Phi) is 5.07. The summed E-state index contributed by atoms with van der Waals surface area (Å²) >= 11 is 0. The highest BCUT2D eigenvalue weighted by molar-refractivity contribution is 5.04. The van der Waals surface area contributed by atoms with Gasteiger partial charge in [-0.25, -0.2) is 4.39 Å². The van der Waals surface area contributed by atoms with E-state index in [4.69, 9.17) is 0 Å². The molecule has 0 bridgehead atoms. The summed E-state index contributed by atoms with van der Waals surface area (Å²) in [5.74, 6) is -2.10. The van der Waals surface area contributed by atoms with Gasteiger partial charge < -0.3 is 4.74 Å². The smallest absolute Gasteiger partial charge is 0.353 e. The number of hydrogen-bond donors (Lipinski definition) is 0. The third kappa shape index (κ3) is 4.48. The van der Waals surface area contributed by atoms with Gasteiger partial charge in [0.1, 0.15) is 5.83 Å². The van der Waals surface area contributed by atoms with E-state index in [0.717, 1.165) is 0 Å². The molecule has 0 aromatic heterocycles. The van der Waals surface area contributed by atoms with Crippen LogP contribution in [0.3, 0.4) is 0 Å². The molecule has 130 valence electrons. The molecule has 0 amide bonds. The molecular weight excluding hydrogens is 340 g/mol. The fourth-order valence-electron chi connectivity index (χ4n) is 1.94. The standard InChI is InChI=1S/C10H9F10NO/c1-4(11)7(10(18,19)20)21-2-5(8(12,13)14)22-6(3-21)9(15,16)17/h5-7H,1-3H2. The number of ether oxygens (including phenoxy) is 1. The van der Waals surface area contributed by atoms with Crippen LogP contribution >= 0.6 is 0 Å². The van der Waals surface area contributed by atoms with Gasteiger partial charge in [0.25, 0.3) is 0 Å². The van der Waals surface area contributed by atoms with Gasteiger partial charge >= 0.3 is 18.5 Å². The second-order valence-electron chi connectivity index (χ2n) is 4.54. The summed E-state index contributed by atoms with van der Waals surface area (Å²) in [6.07, 6.45) is -22.4. The fourth-order valence-corrected chi connectivity index (χ4v) is 1.94. The number of rotatable bonds is 2. The molecule has 1 aliphatic rings. The number of morpholine rings is 1. The van der Waals surface area contributed by atoms with E-state index in [1.54, 1.807) is 0 Å². The fraction of sp³-hybridized carbons (Fsp3) is 0.800. The Morgan fingerprint density at radius 3 is 1.50 bits per heavy atom. The van der Waals surface area contributed by atoms with Crippen LogP contribution in [0.2, 0.25) is 0 Å². The molecule has 1 fully saturated rings. The minimum Gasteiger partial charge on any atom is -0.353 e. The topological polar surface area (TPSA) is 12.5 Å². The molecular formula is C10H9F10NO. The SMILES string of the molecule is C=C(F)C(N1CC(C(F)(F)F)OC(C(F)(F)F)C1)C(F)(F)F. The summed E-state index contributed by atoms with van der Waals surface area (Å²) in [7, 11) is 0. The summed E-state index contributed by atoms with van der Waals surface area (Å²) in [6.45, 7) is -0.848. The second kappa shape index (κ2) is 5.87. The van der Waals surface area contributed by atoms with Gasteiger partial charge in [0.15, 0.2) is 18.2 Å². The van der Waals surface area contributed by atoms with E-state index >= 15 is 0 Å². The predicted molar refractivity (Wildman–Crippen MR) is 52.4 cm³/mol. The molecule has 2 nitrogen and oxygen atoms in total. The third-order valence-corrected chi connectivity index (χ3v) is 2.83. The van der Waals surface area contributed by atoms with Crippen LogP contribution in [0, 0.1) is 0 Å². The van der Waals surface area contributed by atoms with Crippen LogP contribution < -0.4 is 0 Å². The van der Waals surface area contributed by atoms with Gasteiger partial charge in [0.05, 0.1) is 0 Å². The zero-order valence-electron chi connectivity index (χ0n) is 10.5. The first-order chi connectivity index (χ1) is 9.64. The van der Waals surface area contributed by atoms with Crippen molar-refractivity contribution in [1.82, 2.24) is 4.90 Å². The van der Waals surface area contributed by atoms with Crippen LogP contribution in [0.1, 0.15) is 0 Å². The average molecular weight is 349 g/mol. The zero-order valence-corrected chi connectivity index (χ0v) is 10.5. The van der Waals surface area contributed by atoms with Crippen molar-refractivity contribution in [3.63, 3.8) is 0 Å². The maximum atomic E-state index is 12.9. The van der Waals surface area contributed by atoms with Crippen molar-refractivity contribution in [2.24, 2.45) is 0 Å². The predicted octanol–water partition coefficient (Wildman–Crippen LogP) is 3.59. The van der Waals surface area contributed by atoms with Gasteiger partial charge in [-0.15, -0.1) is 0 Å². The normalized spacial score (nSPS) is 26.8. The molecule has 1 heterocycles. The molecule has 12 heteroatoms. The number of nitrogens with zero attached hydrogens (tertiary/aromatic N) is 1. The average Bonchev–Trinajstić information content (AvgIpc) is 2.23. The van der Waals surface area contributed by atoms with Crippen molar-refractivity contribution in [1.29, 1.82) is 0 Å². The van der Waals surface area contributed by atoms with E-state index in [1.807, 2.05) is 0 Å². The van der Waals surface area contributed by atoms with E-state index in [-0.39, 0.29) is 4.90 Å². The number of alkyl halides is 9. The van der Waals surface area contributed by atoms with Crippen LogP contribution in [0.5, 0.6) is 0 Å². The van der Waals surface area contributed by atoms with Gasteiger partial charge in [0, 0.05) is 13.1 Å².